The SMILES string of the molecule is CC(c1c(F)ccc(F)c1Cl)N1CCCCc2ncc(-c3ccc(C(=O)NCCN(C)C)cc3)nc21. The lowest BCUT2D eigenvalue weighted by Gasteiger charge is -2.31. The van der Waals surface area contributed by atoms with Gasteiger partial charge < -0.3 is 15.1 Å². The Hall–Kier alpha value is -3.10. The van der Waals surface area contributed by atoms with Crippen molar-refractivity contribution in [3.8, 4) is 11.3 Å². The Labute approximate surface area is 215 Å². The predicted molar refractivity (Wildman–Crippen MR) is 138 cm³/mol. The molecular weight excluding hydrogens is 484 g/mol. The lowest BCUT2D eigenvalue weighted by molar-refractivity contribution is 0.0951. The fourth-order valence-corrected chi connectivity index (χ4v) is 4.69. The normalized spacial score (nSPS) is 14.4. The molecule has 0 aliphatic carbocycles. The predicted octanol–water partition coefficient (Wildman–Crippen LogP) is 5.27. The second kappa shape index (κ2) is 11.3. The number of aromatic nitrogens is 2. The molecule has 2 heterocycles. The number of hydrogen-bond acceptors (Lipinski definition) is 5. The number of rotatable bonds is 7. The van der Waals surface area contributed by atoms with E-state index in [1.165, 1.54) is 0 Å². The van der Waals surface area contributed by atoms with Crippen molar-refractivity contribution in [3.05, 3.63) is 76.1 Å². The summed E-state index contributed by atoms with van der Waals surface area (Å²) in [5.74, 6) is -0.697. The molecule has 0 saturated carbocycles. The second-order valence-corrected chi connectivity index (χ2v) is 9.62. The maximum atomic E-state index is 14.7. The van der Waals surface area contributed by atoms with E-state index >= 15 is 0 Å². The van der Waals surface area contributed by atoms with Crippen LogP contribution in [0, 0.1) is 11.6 Å². The van der Waals surface area contributed by atoms with Crippen LogP contribution >= 0.6 is 11.6 Å². The maximum Gasteiger partial charge on any atom is 0.251 e. The van der Waals surface area contributed by atoms with Crippen molar-refractivity contribution >= 4 is 23.3 Å². The third-order valence-electron chi connectivity index (χ3n) is 6.41. The van der Waals surface area contributed by atoms with Gasteiger partial charge in [-0.3, -0.25) is 9.78 Å². The van der Waals surface area contributed by atoms with Gasteiger partial charge in [0.15, 0.2) is 5.82 Å². The standard InChI is InChI=1S/C27H30ClF2N5O/c1-17(24-20(29)11-12-21(30)25(24)28)35-14-5-4-6-22-26(35)33-23(16-32-22)18-7-9-19(10-8-18)27(36)31-13-15-34(2)3/h7-12,16-17H,4-6,13-15H2,1-3H3,(H,31,36). The molecule has 0 spiro atoms. The fraction of sp³-hybridized carbons (Fsp3) is 0.370. The average molecular weight is 514 g/mol. The third-order valence-corrected chi connectivity index (χ3v) is 6.80. The molecule has 1 aliphatic rings. The largest absolute Gasteiger partial charge is 0.351 e. The summed E-state index contributed by atoms with van der Waals surface area (Å²) in [6, 6.07) is 8.80. The molecule has 2 aromatic carbocycles. The van der Waals surface area contributed by atoms with Gasteiger partial charge >= 0.3 is 0 Å². The zero-order chi connectivity index (χ0) is 25.8. The summed E-state index contributed by atoms with van der Waals surface area (Å²) in [4.78, 5) is 25.9. The molecule has 1 N–H and O–H groups in total. The van der Waals surface area contributed by atoms with Crippen LogP contribution in [-0.2, 0) is 6.42 Å². The number of hydrogen-bond donors (Lipinski definition) is 1. The van der Waals surface area contributed by atoms with Crippen molar-refractivity contribution in [2.75, 3.05) is 38.6 Å². The number of nitrogens with zero attached hydrogens (tertiary/aromatic N) is 4. The van der Waals surface area contributed by atoms with Gasteiger partial charge in [0.2, 0.25) is 0 Å². The van der Waals surface area contributed by atoms with Crippen LogP contribution < -0.4 is 10.2 Å². The van der Waals surface area contributed by atoms with Crippen LogP contribution in [0.15, 0.2) is 42.6 Å². The van der Waals surface area contributed by atoms with Crippen LogP contribution in [0.4, 0.5) is 14.6 Å². The third kappa shape index (κ3) is 5.65. The lowest BCUT2D eigenvalue weighted by atomic mass is 10.0. The Balaban J connectivity index is 1.62. The topological polar surface area (TPSA) is 61.4 Å². The van der Waals surface area contributed by atoms with Gasteiger partial charge in [0.25, 0.3) is 5.91 Å². The zero-order valence-corrected chi connectivity index (χ0v) is 21.4. The Morgan fingerprint density at radius 1 is 1.14 bits per heavy atom. The van der Waals surface area contributed by atoms with Crippen LogP contribution in [-0.4, -0.2) is 54.5 Å². The van der Waals surface area contributed by atoms with Gasteiger partial charge in [0.05, 0.1) is 28.6 Å². The van der Waals surface area contributed by atoms with Crippen LogP contribution in [0.5, 0.6) is 0 Å². The molecule has 1 aromatic heterocycles. The number of carbonyl (C=O) groups is 1. The number of benzene rings is 2. The molecular formula is C27H30ClF2N5O. The molecule has 4 rings (SSSR count). The van der Waals surface area contributed by atoms with E-state index in [2.05, 4.69) is 10.3 Å². The van der Waals surface area contributed by atoms with Gasteiger partial charge in [-0.1, -0.05) is 23.7 Å². The minimum atomic E-state index is -0.652. The quantitative estimate of drug-likeness (QED) is 0.436. The number of nitrogens with one attached hydrogen (secondary N) is 1. The highest BCUT2D eigenvalue weighted by Gasteiger charge is 2.28. The first-order chi connectivity index (χ1) is 17.3. The maximum absolute atomic E-state index is 14.7. The monoisotopic (exact) mass is 513 g/mol. The highest BCUT2D eigenvalue weighted by molar-refractivity contribution is 6.31. The van der Waals surface area contributed by atoms with Crippen LogP contribution in [0.3, 0.4) is 0 Å². The van der Waals surface area contributed by atoms with E-state index in [1.54, 1.807) is 25.3 Å². The fourth-order valence-electron chi connectivity index (χ4n) is 4.38. The molecule has 0 fully saturated rings. The van der Waals surface area contributed by atoms with E-state index in [-0.39, 0.29) is 16.5 Å². The van der Waals surface area contributed by atoms with E-state index in [1.807, 2.05) is 36.0 Å². The van der Waals surface area contributed by atoms with Crippen molar-refractivity contribution in [1.29, 1.82) is 0 Å². The molecule has 0 bridgehead atoms. The molecule has 36 heavy (non-hydrogen) atoms. The van der Waals surface area contributed by atoms with Gasteiger partial charge in [-0.05, 0) is 64.5 Å². The van der Waals surface area contributed by atoms with Crippen molar-refractivity contribution in [1.82, 2.24) is 20.2 Å². The van der Waals surface area contributed by atoms with E-state index in [9.17, 15) is 13.6 Å². The number of amides is 1. The molecule has 1 unspecified atom stereocenters. The molecule has 1 amide bonds. The summed E-state index contributed by atoms with van der Waals surface area (Å²) in [6.07, 6.45) is 4.25. The van der Waals surface area contributed by atoms with Gasteiger partial charge in [0.1, 0.15) is 11.6 Å². The highest BCUT2D eigenvalue weighted by Crippen LogP contribution is 2.37. The highest BCUT2D eigenvalue weighted by atomic mass is 35.5. The molecule has 9 heteroatoms. The zero-order valence-electron chi connectivity index (χ0n) is 20.7. The Bertz CT molecular complexity index is 1240. The van der Waals surface area contributed by atoms with Crippen LogP contribution in [0.2, 0.25) is 5.02 Å². The summed E-state index contributed by atoms with van der Waals surface area (Å²) in [5, 5.41) is 2.69. The van der Waals surface area contributed by atoms with Gasteiger partial charge in [-0.15, -0.1) is 0 Å². The number of carbonyl (C=O) groups excluding carboxylic acids is 1. The summed E-state index contributed by atoms with van der Waals surface area (Å²) in [7, 11) is 3.90. The number of aryl methyl sites for hydroxylation is 1. The van der Waals surface area contributed by atoms with Crippen LogP contribution in [0.25, 0.3) is 11.3 Å². The van der Waals surface area contributed by atoms with Crippen molar-refractivity contribution in [2.24, 2.45) is 0 Å². The first kappa shape index (κ1) is 26.0. The van der Waals surface area contributed by atoms with Gasteiger partial charge in [0, 0.05) is 36.3 Å². The Kier molecular flexibility index (Phi) is 8.16. The molecule has 6 nitrogen and oxygen atoms in total. The average Bonchev–Trinajstić information content (AvgIpc) is 3.08. The lowest BCUT2D eigenvalue weighted by Crippen LogP contribution is -2.31. The molecule has 0 saturated heterocycles. The second-order valence-electron chi connectivity index (χ2n) is 9.25. The summed E-state index contributed by atoms with van der Waals surface area (Å²) >= 11 is 6.18. The van der Waals surface area contributed by atoms with Crippen molar-refractivity contribution < 1.29 is 13.6 Å². The van der Waals surface area contributed by atoms with Crippen LogP contribution in [0.1, 0.15) is 47.4 Å². The summed E-state index contributed by atoms with van der Waals surface area (Å²) < 4.78 is 28.9. The van der Waals surface area contributed by atoms with Gasteiger partial charge in [-0.25, -0.2) is 13.8 Å². The molecule has 1 atom stereocenters. The van der Waals surface area contributed by atoms with E-state index < -0.39 is 17.7 Å². The van der Waals surface area contributed by atoms with E-state index in [4.69, 9.17) is 16.6 Å². The minimum Gasteiger partial charge on any atom is -0.351 e. The van der Waals surface area contributed by atoms with Crippen molar-refractivity contribution in [2.45, 2.75) is 32.2 Å². The molecule has 3 aromatic rings. The first-order valence-corrected chi connectivity index (χ1v) is 12.4. The van der Waals surface area contributed by atoms with E-state index in [0.29, 0.717) is 30.2 Å². The molecule has 1 aliphatic heterocycles. The first-order valence-electron chi connectivity index (χ1n) is 12.1. The number of halogens is 3. The summed E-state index contributed by atoms with van der Waals surface area (Å²) in [6.45, 7) is 3.74. The number of likely N-dealkylation sites (N-methyl/N-ethyl adjacent to an activating group) is 1. The minimum absolute atomic E-state index is 0.112. The molecule has 190 valence electrons. The number of fused-ring (bicyclic) bond motifs is 1. The smallest absolute Gasteiger partial charge is 0.251 e. The van der Waals surface area contributed by atoms with Gasteiger partial charge in [-0.2, -0.15) is 0 Å². The molecule has 0 radical (unpaired) electrons. The summed E-state index contributed by atoms with van der Waals surface area (Å²) in [5.41, 5.74) is 2.93. The van der Waals surface area contributed by atoms with Crippen molar-refractivity contribution in [3.63, 3.8) is 0 Å². The Morgan fingerprint density at radius 2 is 1.86 bits per heavy atom. The Morgan fingerprint density at radius 3 is 2.58 bits per heavy atom. The number of anilines is 1. The van der Waals surface area contributed by atoms with E-state index in [0.717, 1.165) is 49.2 Å².